The first kappa shape index (κ1) is 18.0. The van der Waals surface area contributed by atoms with Crippen LogP contribution in [0.5, 0.6) is 0 Å². The Balaban J connectivity index is 1.40. The molecule has 4 rings (SSSR count). The van der Waals surface area contributed by atoms with Crippen LogP contribution >= 0.6 is 0 Å². The number of carbonyl (C=O) groups is 3. The van der Waals surface area contributed by atoms with E-state index in [0.29, 0.717) is 32.6 Å². The number of amides is 3. The number of anilines is 1. The molecule has 2 aliphatic heterocycles. The number of hydrogen-bond acceptors (Lipinski definition) is 3. The fourth-order valence-corrected chi connectivity index (χ4v) is 4.18. The van der Waals surface area contributed by atoms with Crippen LogP contribution in [-0.2, 0) is 26.2 Å². The normalized spacial score (nSPS) is 21.4. The summed E-state index contributed by atoms with van der Waals surface area (Å²) in [5.41, 5.74) is 2.29. The lowest BCUT2D eigenvalue weighted by Gasteiger charge is -2.35. The molecule has 6 nitrogen and oxygen atoms in total. The van der Waals surface area contributed by atoms with E-state index in [4.69, 9.17) is 0 Å². The van der Waals surface area contributed by atoms with Gasteiger partial charge < -0.3 is 14.7 Å². The number of carbonyl (C=O) groups excluding carboxylic acids is 3. The van der Waals surface area contributed by atoms with Crippen LogP contribution in [0.3, 0.4) is 0 Å². The maximum Gasteiger partial charge on any atom is 0.236 e. The van der Waals surface area contributed by atoms with E-state index in [2.05, 4.69) is 0 Å². The minimum Gasteiger partial charge on any atom is -0.339 e. The predicted molar refractivity (Wildman–Crippen MR) is 102 cm³/mol. The van der Waals surface area contributed by atoms with Gasteiger partial charge >= 0.3 is 0 Å². The van der Waals surface area contributed by atoms with Crippen LogP contribution in [0.15, 0.2) is 18.2 Å². The first-order chi connectivity index (χ1) is 12.8. The van der Waals surface area contributed by atoms with Gasteiger partial charge in [-0.05, 0) is 43.9 Å². The number of fused-ring (bicyclic) bond motifs is 1. The van der Waals surface area contributed by atoms with Crippen LogP contribution in [-0.4, -0.2) is 60.7 Å². The molecule has 2 heterocycles. The van der Waals surface area contributed by atoms with Gasteiger partial charge in [0, 0.05) is 44.8 Å². The van der Waals surface area contributed by atoms with Crippen LogP contribution in [0.2, 0.25) is 0 Å². The van der Waals surface area contributed by atoms with Crippen LogP contribution in [0.4, 0.5) is 5.69 Å². The van der Waals surface area contributed by atoms with E-state index in [1.54, 1.807) is 11.9 Å². The Morgan fingerprint density at radius 1 is 1.07 bits per heavy atom. The van der Waals surface area contributed by atoms with Gasteiger partial charge in [0.05, 0.1) is 11.8 Å². The summed E-state index contributed by atoms with van der Waals surface area (Å²) in [5, 5.41) is 0. The van der Waals surface area contributed by atoms with Crippen LogP contribution < -0.4 is 4.90 Å². The molecule has 27 heavy (non-hydrogen) atoms. The van der Waals surface area contributed by atoms with Gasteiger partial charge in [-0.1, -0.05) is 12.1 Å². The molecule has 0 unspecified atom stereocenters. The van der Waals surface area contributed by atoms with E-state index >= 15 is 0 Å². The summed E-state index contributed by atoms with van der Waals surface area (Å²) >= 11 is 0. The van der Waals surface area contributed by atoms with E-state index in [1.165, 1.54) is 0 Å². The highest BCUT2D eigenvalue weighted by Gasteiger charge is 2.42. The molecule has 1 saturated carbocycles. The lowest BCUT2D eigenvalue weighted by molar-refractivity contribution is -0.140. The van der Waals surface area contributed by atoms with Gasteiger partial charge in [-0.15, -0.1) is 0 Å². The van der Waals surface area contributed by atoms with Gasteiger partial charge in [-0.3, -0.25) is 14.4 Å². The van der Waals surface area contributed by atoms with Crippen molar-refractivity contribution in [3.8, 4) is 0 Å². The highest BCUT2D eigenvalue weighted by atomic mass is 16.2. The smallest absolute Gasteiger partial charge is 0.236 e. The molecule has 6 heteroatoms. The fraction of sp³-hybridized carbons (Fsp3) is 0.571. The van der Waals surface area contributed by atoms with Crippen LogP contribution in [0.1, 0.15) is 37.8 Å². The van der Waals surface area contributed by atoms with Crippen molar-refractivity contribution in [1.29, 1.82) is 0 Å². The summed E-state index contributed by atoms with van der Waals surface area (Å²) in [4.78, 5) is 42.7. The number of piperazine rings is 1. The standard InChI is InChI=1S/C21H27N3O3/c1-21(2)16-12-14(4-7-17(16)22(3)20(21)27)13-18(25)23-8-10-24(11-9-23)19(26)15-5-6-15/h4,7,12,15H,5-6,8-11,13H2,1-3H3. The molecule has 1 aromatic carbocycles. The Morgan fingerprint density at radius 3 is 2.33 bits per heavy atom. The first-order valence-electron chi connectivity index (χ1n) is 9.77. The van der Waals surface area contributed by atoms with Crippen molar-refractivity contribution < 1.29 is 14.4 Å². The van der Waals surface area contributed by atoms with E-state index in [9.17, 15) is 14.4 Å². The molecule has 0 radical (unpaired) electrons. The SMILES string of the molecule is CN1C(=O)C(C)(C)c2cc(CC(=O)N3CCN(C(=O)C4CC4)CC3)ccc21. The molecule has 0 spiro atoms. The zero-order valence-corrected chi connectivity index (χ0v) is 16.3. The maximum absolute atomic E-state index is 12.7. The zero-order chi connectivity index (χ0) is 19.3. The average molecular weight is 369 g/mol. The van der Waals surface area contributed by atoms with E-state index in [-0.39, 0.29) is 23.6 Å². The van der Waals surface area contributed by atoms with Crippen molar-refractivity contribution >= 4 is 23.4 Å². The van der Waals surface area contributed by atoms with Crippen LogP contribution in [0.25, 0.3) is 0 Å². The molecule has 0 atom stereocenters. The number of rotatable bonds is 3. The highest BCUT2D eigenvalue weighted by Crippen LogP contribution is 2.41. The molecule has 0 N–H and O–H groups in total. The minimum absolute atomic E-state index is 0.0810. The number of hydrogen-bond donors (Lipinski definition) is 0. The van der Waals surface area contributed by atoms with Crippen LogP contribution in [0, 0.1) is 5.92 Å². The Hall–Kier alpha value is -2.37. The second kappa shape index (κ2) is 6.36. The fourth-order valence-electron chi connectivity index (χ4n) is 4.18. The van der Waals surface area contributed by atoms with E-state index in [0.717, 1.165) is 29.7 Å². The molecular formula is C21H27N3O3. The van der Waals surface area contributed by atoms with E-state index in [1.807, 2.05) is 41.8 Å². The number of nitrogens with zero attached hydrogens (tertiary/aromatic N) is 3. The summed E-state index contributed by atoms with van der Waals surface area (Å²) in [6.45, 7) is 6.35. The predicted octanol–water partition coefficient (Wildman–Crippen LogP) is 1.56. The maximum atomic E-state index is 12.7. The number of benzene rings is 1. The second-order valence-corrected chi connectivity index (χ2v) is 8.50. The topological polar surface area (TPSA) is 60.9 Å². The Morgan fingerprint density at radius 2 is 1.70 bits per heavy atom. The molecule has 1 aliphatic carbocycles. The Kier molecular flexibility index (Phi) is 4.24. The molecule has 2 fully saturated rings. The largest absolute Gasteiger partial charge is 0.339 e. The van der Waals surface area contributed by atoms with Gasteiger partial charge in [0.25, 0.3) is 0 Å². The molecule has 144 valence electrons. The quantitative estimate of drug-likeness (QED) is 0.812. The lowest BCUT2D eigenvalue weighted by atomic mass is 9.85. The summed E-state index contributed by atoms with van der Waals surface area (Å²) in [5.74, 6) is 0.668. The Labute approximate surface area is 160 Å². The summed E-state index contributed by atoms with van der Waals surface area (Å²) in [6, 6.07) is 5.88. The van der Waals surface area contributed by atoms with Crippen molar-refractivity contribution in [1.82, 2.24) is 9.80 Å². The average Bonchev–Trinajstić information content (AvgIpc) is 3.49. The third-order valence-electron chi connectivity index (χ3n) is 6.16. The summed E-state index contributed by atoms with van der Waals surface area (Å²) in [6.07, 6.45) is 2.37. The van der Waals surface area contributed by atoms with Crippen molar-refractivity contribution in [3.05, 3.63) is 29.3 Å². The van der Waals surface area contributed by atoms with Crippen molar-refractivity contribution in [2.75, 3.05) is 38.1 Å². The molecule has 0 bridgehead atoms. The summed E-state index contributed by atoms with van der Waals surface area (Å²) < 4.78 is 0. The molecule has 3 amide bonds. The molecule has 3 aliphatic rings. The van der Waals surface area contributed by atoms with Gasteiger partial charge in [0.15, 0.2) is 0 Å². The van der Waals surface area contributed by atoms with Crippen molar-refractivity contribution in [2.45, 2.75) is 38.5 Å². The third-order valence-corrected chi connectivity index (χ3v) is 6.16. The molecule has 1 saturated heterocycles. The zero-order valence-electron chi connectivity index (χ0n) is 16.3. The third kappa shape index (κ3) is 3.11. The molecule has 1 aromatic rings. The van der Waals surface area contributed by atoms with E-state index < -0.39 is 5.41 Å². The number of likely N-dealkylation sites (N-methyl/N-ethyl adjacent to an activating group) is 1. The lowest BCUT2D eigenvalue weighted by Crippen LogP contribution is -2.51. The van der Waals surface area contributed by atoms with Gasteiger partial charge in [0.1, 0.15) is 0 Å². The highest BCUT2D eigenvalue weighted by molar-refractivity contribution is 6.07. The second-order valence-electron chi connectivity index (χ2n) is 8.50. The van der Waals surface area contributed by atoms with Gasteiger partial charge in [-0.25, -0.2) is 0 Å². The van der Waals surface area contributed by atoms with Gasteiger partial charge in [0.2, 0.25) is 17.7 Å². The molecule has 0 aromatic heterocycles. The molecular weight excluding hydrogens is 342 g/mol. The summed E-state index contributed by atoms with van der Waals surface area (Å²) in [7, 11) is 1.79. The Bertz CT molecular complexity index is 805. The van der Waals surface area contributed by atoms with Crippen molar-refractivity contribution in [2.24, 2.45) is 5.92 Å². The monoisotopic (exact) mass is 369 g/mol. The minimum atomic E-state index is -0.558. The van der Waals surface area contributed by atoms with Gasteiger partial charge in [-0.2, -0.15) is 0 Å². The van der Waals surface area contributed by atoms with Crippen molar-refractivity contribution in [3.63, 3.8) is 0 Å². The first-order valence-corrected chi connectivity index (χ1v) is 9.77.